The zero-order chi connectivity index (χ0) is 28.4. The molecule has 1 amide bonds. The van der Waals surface area contributed by atoms with Gasteiger partial charge in [-0.3, -0.25) is 4.79 Å². The van der Waals surface area contributed by atoms with Crippen molar-refractivity contribution in [1.82, 2.24) is 19.9 Å². The number of nitrogens with one attached hydrogen (secondary N) is 1. The van der Waals surface area contributed by atoms with E-state index in [0.29, 0.717) is 48.8 Å². The molecule has 1 saturated heterocycles. The lowest BCUT2D eigenvalue weighted by Gasteiger charge is -2.31. The summed E-state index contributed by atoms with van der Waals surface area (Å²) in [5.74, 6) is 1.66. The van der Waals surface area contributed by atoms with Crippen LogP contribution in [0, 0.1) is 6.92 Å². The number of aliphatic hydroxyl groups is 1. The van der Waals surface area contributed by atoms with Crippen molar-refractivity contribution in [1.29, 1.82) is 0 Å². The van der Waals surface area contributed by atoms with Crippen molar-refractivity contribution in [2.24, 2.45) is 0 Å². The Balaban J connectivity index is 1.49. The van der Waals surface area contributed by atoms with Crippen molar-refractivity contribution in [2.45, 2.75) is 45.3 Å². The van der Waals surface area contributed by atoms with Crippen LogP contribution in [0.25, 0.3) is 21.5 Å². The molecular weight excluding hydrogens is 526 g/mol. The Bertz CT molecular complexity index is 1550. The predicted octanol–water partition coefficient (Wildman–Crippen LogP) is 5.60. The molecule has 0 spiro atoms. The van der Waals surface area contributed by atoms with Crippen LogP contribution < -0.4 is 14.8 Å². The summed E-state index contributed by atoms with van der Waals surface area (Å²) in [6, 6.07) is 9.59. The number of aromatic nitrogens is 3. The first-order chi connectivity index (χ1) is 19.2. The van der Waals surface area contributed by atoms with E-state index in [-0.39, 0.29) is 12.0 Å². The van der Waals surface area contributed by atoms with Crippen LogP contribution in [-0.2, 0) is 10.4 Å². The first-order valence-corrected chi connectivity index (χ1v) is 14.0. The Kier molecular flexibility index (Phi) is 7.73. The predicted molar refractivity (Wildman–Crippen MR) is 157 cm³/mol. The number of likely N-dealkylation sites (tertiary alicyclic amines) is 1. The van der Waals surface area contributed by atoms with Gasteiger partial charge in [0.2, 0.25) is 5.91 Å². The number of fused-ring (bicyclic) bond motifs is 1. The van der Waals surface area contributed by atoms with Crippen LogP contribution in [0.2, 0.25) is 0 Å². The maximum absolute atomic E-state index is 12.0. The van der Waals surface area contributed by atoms with Gasteiger partial charge in [0.15, 0.2) is 11.5 Å². The minimum Gasteiger partial charge on any atom is -0.493 e. The summed E-state index contributed by atoms with van der Waals surface area (Å²) in [5, 5.41) is 18.0. The normalized spacial score (nSPS) is 14.3. The molecule has 0 bridgehead atoms. The van der Waals surface area contributed by atoms with Crippen molar-refractivity contribution in [3.63, 3.8) is 0 Å². The van der Waals surface area contributed by atoms with Gasteiger partial charge in [-0.05, 0) is 39.0 Å². The summed E-state index contributed by atoms with van der Waals surface area (Å²) >= 11 is 1.57. The van der Waals surface area contributed by atoms with Crippen LogP contribution in [0.5, 0.6) is 11.5 Å². The molecule has 5 rings (SSSR count). The van der Waals surface area contributed by atoms with E-state index in [1.165, 1.54) is 12.4 Å². The number of hydrogen-bond donors (Lipinski definition) is 2. The molecule has 208 valence electrons. The molecule has 10 heteroatoms. The van der Waals surface area contributed by atoms with E-state index in [1.54, 1.807) is 37.2 Å². The SMILES string of the molecule is C=CC(=O)N1CCC(Oc2cc3c(Nc4cc(-c5nc(C)cs5)ccc4C(C)(C)O)ncnc3cc2OC)CC1. The third-order valence-corrected chi connectivity index (χ3v) is 7.95. The average Bonchev–Trinajstić information content (AvgIpc) is 3.38. The fourth-order valence-corrected chi connectivity index (χ4v) is 5.64. The fourth-order valence-electron chi connectivity index (χ4n) is 4.85. The summed E-state index contributed by atoms with van der Waals surface area (Å²) in [5.41, 5.74) is 2.94. The fraction of sp³-hybridized carbons (Fsp3) is 0.333. The quantitative estimate of drug-likeness (QED) is 0.269. The Morgan fingerprint density at radius 1 is 1.20 bits per heavy atom. The number of benzene rings is 2. The van der Waals surface area contributed by atoms with Crippen LogP contribution in [-0.4, -0.2) is 57.2 Å². The molecule has 0 aliphatic carbocycles. The minimum absolute atomic E-state index is 0.0610. The van der Waals surface area contributed by atoms with Gasteiger partial charge in [0.25, 0.3) is 0 Å². The number of hydrogen-bond acceptors (Lipinski definition) is 9. The van der Waals surface area contributed by atoms with E-state index < -0.39 is 5.60 Å². The maximum Gasteiger partial charge on any atom is 0.245 e. The van der Waals surface area contributed by atoms with Crippen molar-refractivity contribution in [3.8, 4) is 22.1 Å². The van der Waals surface area contributed by atoms with E-state index in [9.17, 15) is 9.90 Å². The standard InChI is InChI=1S/C30H33N5O4S/c1-6-27(36)35-11-9-20(10-12-35)39-26-14-21-23(15-25(26)38-5)31-17-32-28(21)34-24-13-19(29-33-18(2)16-40-29)7-8-22(24)30(3,4)37/h6-8,13-17,20,37H,1,9-12H2,2-5H3,(H,31,32,34). The second-order valence-electron chi connectivity index (χ2n) is 10.3. The second kappa shape index (κ2) is 11.2. The molecule has 1 aliphatic rings. The number of methoxy groups -OCH3 is 1. The molecule has 4 aromatic rings. The van der Waals surface area contributed by atoms with E-state index in [1.807, 2.05) is 42.6 Å². The number of amides is 1. The van der Waals surface area contributed by atoms with E-state index >= 15 is 0 Å². The molecule has 1 aliphatic heterocycles. The number of carbonyl (C=O) groups excluding carboxylic acids is 1. The minimum atomic E-state index is -1.10. The van der Waals surface area contributed by atoms with Crippen LogP contribution >= 0.6 is 11.3 Å². The van der Waals surface area contributed by atoms with Crippen LogP contribution in [0.15, 0.2) is 54.7 Å². The largest absolute Gasteiger partial charge is 0.493 e. The molecule has 0 unspecified atom stereocenters. The lowest BCUT2D eigenvalue weighted by molar-refractivity contribution is -0.127. The van der Waals surface area contributed by atoms with E-state index in [0.717, 1.165) is 32.9 Å². The summed E-state index contributed by atoms with van der Waals surface area (Å²) in [4.78, 5) is 27.4. The molecule has 2 aromatic heterocycles. The Hall–Kier alpha value is -4.02. The number of ether oxygens (including phenoxy) is 2. The van der Waals surface area contributed by atoms with Gasteiger partial charge in [-0.1, -0.05) is 18.7 Å². The van der Waals surface area contributed by atoms with Gasteiger partial charge < -0.3 is 24.8 Å². The van der Waals surface area contributed by atoms with Crippen LogP contribution in [0.1, 0.15) is 37.9 Å². The van der Waals surface area contributed by atoms with Gasteiger partial charge in [-0.2, -0.15) is 0 Å². The highest BCUT2D eigenvalue weighted by molar-refractivity contribution is 7.13. The Morgan fingerprint density at radius 3 is 2.62 bits per heavy atom. The maximum atomic E-state index is 12.0. The third kappa shape index (κ3) is 5.78. The van der Waals surface area contributed by atoms with Gasteiger partial charge in [0.05, 0.1) is 18.2 Å². The highest BCUT2D eigenvalue weighted by Gasteiger charge is 2.25. The topological polar surface area (TPSA) is 110 Å². The van der Waals surface area contributed by atoms with Gasteiger partial charge in [0.1, 0.15) is 23.3 Å². The van der Waals surface area contributed by atoms with Gasteiger partial charge >= 0.3 is 0 Å². The number of thiazole rings is 1. The third-order valence-electron chi connectivity index (χ3n) is 6.94. The van der Waals surface area contributed by atoms with Crippen LogP contribution in [0.4, 0.5) is 11.5 Å². The van der Waals surface area contributed by atoms with Crippen molar-refractivity contribution >= 4 is 39.7 Å². The van der Waals surface area contributed by atoms with Gasteiger partial charge in [-0.15, -0.1) is 11.3 Å². The molecule has 2 N–H and O–H groups in total. The number of rotatable bonds is 8. The van der Waals surface area contributed by atoms with Gasteiger partial charge in [0, 0.05) is 65.3 Å². The lowest BCUT2D eigenvalue weighted by Crippen LogP contribution is -2.41. The first-order valence-electron chi connectivity index (χ1n) is 13.1. The van der Waals surface area contributed by atoms with E-state index in [4.69, 9.17) is 9.47 Å². The van der Waals surface area contributed by atoms with Gasteiger partial charge in [-0.25, -0.2) is 15.0 Å². The molecule has 3 heterocycles. The molecule has 1 fully saturated rings. The smallest absolute Gasteiger partial charge is 0.245 e. The number of anilines is 2. The summed E-state index contributed by atoms with van der Waals surface area (Å²) in [7, 11) is 1.60. The van der Waals surface area contributed by atoms with E-state index in [2.05, 4.69) is 26.8 Å². The summed E-state index contributed by atoms with van der Waals surface area (Å²) in [6.07, 6.45) is 4.18. The Morgan fingerprint density at radius 2 is 1.98 bits per heavy atom. The number of aryl methyl sites for hydroxylation is 1. The van der Waals surface area contributed by atoms with Crippen molar-refractivity contribution in [3.05, 3.63) is 66.0 Å². The van der Waals surface area contributed by atoms with Crippen molar-refractivity contribution in [2.75, 3.05) is 25.5 Å². The molecule has 0 atom stereocenters. The zero-order valence-electron chi connectivity index (χ0n) is 23.1. The molecule has 40 heavy (non-hydrogen) atoms. The lowest BCUT2D eigenvalue weighted by atomic mass is 9.95. The monoisotopic (exact) mass is 559 g/mol. The second-order valence-corrected chi connectivity index (χ2v) is 11.2. The molecule has 0 saturated carbocycles. The number of piperidine rings is 1. The highest BCUT2D eigenvalue weighted by Crippen LogP contribution is 2.39. The zero-order valence-corrected chi connectivity index (χ0v) is 23.9. The first kappa shape index (κ1) is 27.5. The summed E-state index contributed by atoms with van der Waals surface area (Å²) in [6.45, 7) is 10.3. The van der Waals surface area contributed by atoms with Crippen molar-refractivity contribution < 1.29 is 19.4 Å². The molecule has 0 radical (unpaired) electrons. The molecular formula is C30H33N5O4S. The average molecular weight is 560 g/mol. The number of nitrogens with zero attached hydrogens (tertiary/aromatic N) is 4. The molecule has 9 nitrogen and oxygen atoms in total. The Labute approximate surface area is 237 Å². The number of carbonyl (C=O) groups is 1. The van der Waals surface area contributed by atoms with Crippen LogP contribution in [0.3, 0.4) is 0 Å². The summed E-state index contributed by atoms with van der Waals surface area (Å²) < 4.78 is 12.0. The molecule has 2 aromatic carbocycles. The highest BCUT2D eigenvalue weighted by atomic mass is 32.1.